The minimum atomic E-state index is -0.485. The van der Waals surface area contributed by atoms with Crippen molar-refractivity contribution in [2.45, 2.75) is 0 Å². The molecule has 2 aromatic carbocycles. The topological polar surface area (TPSA) is 113 Å². The standard InChI is InChI=1S/C19H15N5O3/c25-18(22-14-6-7-15-13(8-14)10-21-23-15)11-20-19(26)16-9-17(27-24-16)12-4-2-1-3-5-12/h1-10H,11H2,(H,20,26)(H,21,23)(H,22,25). The first-order chi connectivity index (χ1) is 13.2. The summed E-state index contributed by atoms with van der Waals surface area (Å²) >= 11 is 0. The van der Waals surface area contributed by atoms with Gasteiger partial charge in [-0.25, -0.2) is 0 Å². The molecule has 2 amide bonds. The first-order valence-corrected chi connectivity index (χ1v) is 8.22. The number of nitrogens with zero attached hydrogens (tertiary/aromatic N) is 2. The number of benzene rings is 2. The molecule has 0 saturated carbocycles. The summed E-state index contributed by atoms with van der Waals surface area (Å²) in [6.07, 6.45) is 1.67. The lowest BCUT2D eigenvalue weighted by molar-refractivity contribution is -0.115. The average molecular weight is 361 g/mol. The number of amides is 2. The fourth-order valence-electron chi connectivity index (χ4n) is 2.60. The van der Waals surface area contributed by atoms with Gasteiger partial charge in [-0.2, -0.15) is 5.10 Å². The maximum Gasteiger partial charge on any atom is 0.273 e. The maximum absolute atomic E-state index is 12.2. The van der Waals surface area contributed by atoms with Crippen LogP contribution in [-0.2, 0) is 4.79 Å². The molecular formula is C19H15N5O3. The molecule has 2 heterocycles. The van der Waals surface area contributed by atoms with Crippen LogP contribution in [0.2, 0.25) is 0 Å². The Hall–Kier alpha value is -3.94. The van der Waals surface area contributed by atoms with Gasteiger partial charge in [0.2, 0.25) is 5.91 Å². The van der Waals surface area contributed by atoms with Crippen LogP contribution < -0.4 is 10.6 Å². The predicted octanol–water partition coefficient (Wildman–Crippen LogP) is 2.59. The molecule has 0 aliphatic rings. The van der Waals surface area contributed by atoms with Gasteiger partial charge in [-0.1, -0.05) is 35.5 Å². The summed E-state index contributed by atoms with van der Waals surface area (Å²) in [5.74, 6) is -0.349. The lowest BCUT2D eigenvalue weighted by Gasteiger charge is -2.06. The quantitative estimate of drug-likeness (QED) is 0.506. The van der Waals surface area contributed by atoms with Gasteiger partial charge in [-0.05, 0) is 18.2 Å². The summed E-state index contributed by atoms with van der Waals surface area (Å²) in [6.45, 7) is -0.185. The number of hydrogen-bond donors (Lipinski definition) is 3. The van der Waals surface area contributed by atoms with Crippen molar-refractivity contribution in [2.24, 2.45) is 0 Å². The second-order valence-corrected chi connectivity index (χ2v) is 5.85. The van der Waals surface area contributed by atoms with Gasteiger partial charge in [0.1, 0.15) is 0 Å². The van der Waals surface area contributed by atoms with Gasteiger partial charge in [-0.15, -0.1) is 0 Å². The van der Waals surface area contributed by atoms with E-state index >= 15 is 0 Å². The molecule has 134 valence electrons. The Balaban J connectivity index is 1.34. The highest BCUT2D eigenvalue weighted by Crippen LogP contribution is 2.19. The molecule has 0 aliphatic heterocycles. The minimum Gasteiger partial charge on any atom is -0.355 e. The molecular weight excluding hydrogens is 346 g/mol. The van der Waals surface area contributed by atoms with E-state index in [2.05, 4.69) is 26.0 Å². The Morgan fingerprint density at radius 3 is 2.78 bits per heavy atom. The van der Waals surface area contributed by atoms with Crippen LogP contribution in [0.15, 0.2) is 65.3 Å². The molecule has 27 heavy (non-hydrogen) atoms. The number of fused-ring (bicyclic) bond motifs is 1. The highest BCUT2D eigenvalue weighted by atomic mass is 16.5. The van der Waals surface area contributed by atoms with Crippen LogP contribution >= 0.6 is 0 Å². The van der Waals surface area contributed by atoms with Gasteiger partial charge in [0, 0.05) is 22.7 Å². The number of carbonyl (C=O) groups excluding carboxylic acids is 2. The molecule has 8 heteroatoms. The fourth-order valence-corrected chi connectivity index (χ4v) is 2.60. The Morgan fingerprint density at radius 1 is 1.07 bits per heavy atom. The molecule has 0 atom stereocenters. The number of anilines is 1. The Morgan fingerprint density at radius 2 is 1.93 bits per heavy atom. The molecule has 0 spiro atoms. The third-order valence-electron chi connectivity index (χ3n) is 3.93. The second-order valence-electron chi connectivity index (χ2n) is 5.85. The molecule has 0 bridgehead atoms. The summed E-state index contributed by atoms with van der Waals surface area (Å²) < 4.78 is 5.19. The smallest absolute Gasteiger partial charge is 0.273 e. The first-order valence-electron chi connectivity index (χ1n) is 8.22. The van der Waals surface area contributed by atoms with Crippen molar-refractivity contribution in [3.8, 4) is 11.3 Å². The Kier molecular flexibility index (Phi) is 4.36. The van der Waals surface area contributed by atoms with E-state index in [1.54, 1.807) is 18.3 Å². The van der Waals surface area contributed by atoms with Crippen molar-refractivity contribution in [2.75, 3.05) is 11.9 Å². The van der Waals surface area contributed by atoms with E-state index in [0.29, 0.717) is 11.4 Å². The van der Waals surface area contributed by atoms with E-state index in [0.717, 1.165) is 16.5 Å². The summed E-state index contributed by atoms with van der Waals surface area (Å²) in [5.41, 5.74) is 2.43. The van der Waals surface area contributed by atoms with Crippen LogP contribution in [0.1, 0.15) is 10.5 Å². The number of aromatic amines is 1. The number of carbonyl (C=O) groups is 2. The Labute approximate surface area is 153 Å². The van der Waals surface area contributed by atoms with E-state index in [-0.39, 0.29) is 18.1 Å². The lowest BCUT2D eigenvalue weighted by atomic mass is 10.1. The monoisotopic (exact) mass is 361 g/mol. The summed E-state index contributed by atoms with van der Waals surface area (Å²) in [6, 6.07) is 16.2. The molecule has 0 fully saturated rings. The van der Waals surface area contributed by atoms with Crippen molar-refractivity contribution >= 4 is 28.4 Å². The van der Waals surface area contributed by atoms with Crippen molar-refractivity contribution < 1.29 is 14.1 Å². The number of hydrogen-bond acceptors (Lipinski definition) is 5. The molecule has 4 rings (SSSR count). The zero-order valence-corrected chi connectivity index (χ0v) is 14.1. The molecule has 3 N–H and O–H groups in total. The first kappa shape index (κ1) is 16.5. The average Bonchev–Trinajstić information content (AvgIpc) is 3.36. The van der Waals surface area contributed by atoms with E-state index in [4.69, 9.17) is 4.52 Å². The third kappa shape index (κ3) is 3.69. The van der Waals surface area contributed by atoms with Crippen LogP contribution in [0.5, 0.6) is 0 Å². The van der Waals surface area contributed by atoms with Crippen molar-refractivity contribution in [1.29, 1.82) is 0 Å². The normalized spacial score (nSPS) is 10.7. The van der Waals surface area contributed by atoms with Crippen LogP contribution in [0, 0.1) is 0 Å². The minimum absolute atomic E-state index is 0.112. The highest BCUT2D eigenvalue weighted by Gasteiger charge is 2.14. The van der Waals surface area contributed by atoms with Crippen LogP contribution in [0.4, 0.5) is 5.69 Å². The van der Waals surface area contributed by atoms with Crippen molar-refractivity contribution in [3.05, 3.63) is 66.5 Å². The van der Waals surface area contributed by atoms with E-state index in [1.165, 1.54) is 6.07 Å². The molecule has 8 nitrogen and oxygen atoms in total. The molecule has 0 radical (unpaired) electrons. The molecule has 0 unspecified atom stereocenters. The molecule has 4 aromatic rings. The fraction of sp³-hybridized carbons (Fsp3) is 0.0526. The summed E-state index contributed by atoms with van der Waals surface area (Å²) in [7, 11) is 0. The molecule has 0 aliphatic carbocycles. The summed E-state index contributed by atoms with van der Waals surface area (Å²) in [4.78, 5) is 24.2. The van der Waals surface area contributed by atoms with Gasteiger partial charge in [0.05, 0.1) is 18.3 Å². The van der Waals surface area contributed by atoms with Crippen LogP contribution in [-0.4, -0.2) is 33.7 Å². The van der Waals surface area contributed by atoms with Gasteiger partial charge in [0.15, 0.2) is 11.5 Å². The number of aromatic nitrogens is 3. The third-order valence-corrected chi connectivity index (χ3v) is 3.93. The number of nitrogens with one attached hydrogen (secondary N) is 3. The number of H-pyrrole nitrogens is 1. The van der Waals surface area contributed by atoms with Crippen molar-refractivity contribution in [1.82, 2.24) is 20.7 Å². The van der Waals surface area contributed by atoms with E-state index in [9.17, 15) is 9.59 Å². The molecule has 2 aromatic heterocycles. The van der Waals surface area contributed by atoms with Crippen molar-refractivity contribution in [3.63, 3.8) is 0 Å². The van der Waals surface area contributed by atoms with Gasteiger partial charge >= 0.3 is 0 Å². The molecule has 0 saturated heterocycles. The highest BCUT2D eigenvalue weighted by molar-refractivity contribution is 5.99. The summed E-state index contributed by atoms with van der Waals surface area (Å²) in [5, 5.41) is 16.6. The largest absolute Gasteiger partial charge is 0.355 e. The second kappa shape index (κ2) is 7.12. The lowest BCUT2D eigenvalue weighted by Crippen LogP contribution is -2.33. The van der Waals surface area contributed by atoms with Gasteiger partial charge in [0.25, 0.3) is 5.91 Å². The van der Waals surface area contributed by atoms with E-state index < -0.39 is 5.91 Å². The Bertz CT molecular complexity index is 1100. The predicted molar refractivity (Wildman–Crippen MR) is 99.0 cm³/mol. The van der Waals surface area contributed by atoms with Crippen LogP contribution in [0.3, 0.4) is 0 Å². The van der Waals surface area contributed by atoms with Gasteiger partial charge < -0.3 is 15.2 Å². The van der Waals surface area contributed by atoms with Crippen LogP contribution in [0.25, 0.3) is 22.2 Å². The zero-order valence-electron chi connectivity index (χ0n) is 14.1. The maximum atomic E-state index is 12.2. The van der Waals surface area contributed by atoms with E-state index in [1.807, 2.05) is 36.4 Å². The zero-order chi connectivity index (χ0) is 18.6. The van der Waals surface area contributed by atoms with Gasteiger partial charge in [-0.3, -0.25) is 14.7 Å². The SMILES string of the molecule is O=C(CNC(=O)c1cc(-c2ccccc2)on1)Nc1ccc2[nH]ncc2c1. The number of rotatable bonds is 5.